The maximum atomic E-state index is 11.2. The highest BCUT2D eigenvalue weighted by atomic mass is 32.2. The van der Waals surface area contributed by atoms with Crippen LogP contribution in [-0.4, -0.2) is 37.0 Å². The van der Waals surface area contributed by atoms with Crippen molar-refractivity contribution >= 4 is 10.0 Å². The van der Waals surface area contributed by atoms with Gasteiger partial charge in [-0.15, -0.1) is 0 Å². The van der Waals surface area contributed by atoms with Gasteiger partial charge in [-0.05, 0) is 12.8 Å². The Kier molecular flexibility index (Phi) is 2.87. The largest absolute Gasteiger partial charge is 0.392 e. The van der Waals surface area contributed by atoms with Gasteiger partial charge in [-0.3, -0.25) is 0 Å². The lowest BCUT2D eigenvalue weighted by atomic mass is 10.1. The maximum Gasteiger partial charge on any atom is 0.235 e. The first-order valence-corrected chi connectivity index (χ1v) is 5.37. The summed E-state index contributed by atoms with van der Waals surface area (Å²) in [5, 5.41) is 10.1. The molecule has 1 rings (SSSR count). The quantitative estimate of drug-likeness (QED) is 0.664. The number of rotatable bonds is 2. The second-order valence-electron chi connectivity index (χ2n) is 2.87. The van der Waals surface area contributed by atoms with E-state index >= 15 is 0 Å². The zero-order valence-electron chi connectivity index (χ0n) is 6.81. The molecule has 1 unspecified atom stereocenters. The standard InChI is InChI=1S/C7H13NO3S/c1-2-12(10,11)8-5-3-4-7(9)6-8/h2,7,9H,1,3-6H2. The van der Waals surface area contributed by atoms with Crippen molar-refractivity contribution in [2.24, 2.45) is 0 Å². The van der Waals surface area contributed by atoms with E-state index in [0.717, 1.165) is 5.41 Å². The molecule has 5 heteroatoms. The fourth-order valence-corrected chi connectivity index (χ4v) is 2.23. The van der Waals surface area contributed by atoms with Crippen LogP contribution in [0.4, 0.5) is 0 Å². The lowest BCUT2D eigenvalue weighted by molar-refractivity contribution is 0.108. The van der Waals surface area contributed by atoms with Crippen LogP contribution in [0.1, 0.15) is 12.8 Å². The molecule has 0 saturated carbocycles. The Balaban J connectivity index is 2.69. The number of nitrogens with zero attached hydrogens (tertiary/aromatic N) is 1. The van der Waals surface area contributed by atoms with Gasteiger partial charge >= 0.3 is 0 Å². The first-order chi connectivity index (χ1) is 5.56. The zero-order valence-corrected chi connectivity index (χ0v) is 7.63. The highest BCUT2D eigenvalue weighted by Crippen LogP contribution is 2.14. The Morgan fingerprint density at radius 1 is 1.58 bits per heavy atom. The smallest absolute Gasteiger partial charge is 0.235 e. The van der Waals surface area contributed by atoms with Crippen molar-refractivity contribution in [2.45, 2.75) is 18.9 Å². The van der Waals surface area contributed by atoms with Gasteiger partial charge in [0.1, 0.15) is 0 Å². The third-order valence-corrected chi connectivity index (χ3v) is 3.40. The molecule has 0 bridgehead atoms. The molecule has 1 aliphatic rings. The normalized spacial score (nSPS) is 26.9. The lowest BCUT2D eigenvalue weighted by Gasteiger charge is -2.27. The molecule has 0 aromatic carbocycles. The number of hydrogen-bond acceptors (Lipinski definition) is 3. The average molecular weight is 191 g/mol. The molecule has 1 saturated heterocycles. The monoisotopic (exact) mass is 191 g/mol. The van der Waals surface area contributed by atoms with Crippen LogP contribution in [0.5, 0.6) is 0 Å². The summed E-state index contributed by atoms with van der Waals surface area (Å²) in [6.07, 6.45) is 0.880. The lowest BCUT2D eigenvalue weighted by Crippen LogP contribution is -2.41. The first-order valence-electron chi connectivity index (χ1n) is 3.87. The van der Waals surface area contributed by atoms with Gasteiger partial charge in [-0.1, -0.05) is 6.58 Å². The van der Waals surface area contributed by atoms with Gasteiger partial charge in [-0.2, -0.15) is 4.31 Å². The van der Waals surface area contributed by atoms with Crippen molar-refractivity contribution in [1.29, 1.82) is 0 Å². The Morgan fingerprint density at radius 2 is 2.25 bits per heavy atom. The van der Waals surface area contributed by atoms with Gasteiger partial charge in [0.05, 0.1) is 6.10 Å². The van der Waals surface area contributed by atoms with E-state index in [1.165, 1.54) is 4.31 Å². The van der Waals surface area contributed by atoms with Gasteiger partial charge in [0, 0.05) is 18.5 Å². The number of aliphatic hydroxyl groups is 1. The summed E-state index contributed by atoms with van der Waals surface area (Å²) in [6, 6.07) is 0. The average Bonchev–Trinajstić information content (AvgIpc) is 2.05. The summed E-state index contributed by atoms with van der Waals surface area (Å²) in [5.41, 5.74) is 0. The SMILES string of the molecule is C=CS(=O)(=O)N1CCCC(O)C1. The predicted octanol–water partition coefficient (Wildman–Crippen LogP) is -0.0836. The van der Waals surface area contributed by atoms with E-state index < -0.39 is 16.1 Å². The predicted molar refractivity (Wildman–Crippen MR) is 45.9 cm³/mol. The van der Waals surface area contributed by atoms with E-state index in [-0.39, 0.29) is 6.54 Å². The van der Waals surface area contributed by atoms with Crippen molar-refractivity contribution in [3.8, 4) is 0 Å². The van der Waals surface area contributed by atoms with Crippen LogP contribution in [0.15, 0.2) is 12.0 Å². The Labute approximate surface area is 72.5 Å². The van der Waals surface area contributed by atoms with Crippen LogP contribution in [0, 0.1) is 0 Å². The number of β-amino-alcohol motifs (C(OH)–C–C–N with tert-alkyl or cyclic N) is 1. The molecular weight excluding hydrogens is 178 g/mol. The van der Waals surface area contributed by atoms with Gasteiger partial charge in [0.2, 0.25) is 10.0 Å². The van der Waals surface area contributed by atoms with Crippen molar-refractivity contribution in [3.63, 3.8) is 0 Å². The fourth-order valence-electron chi connectivity index (χ4n) is 1.26. The maximum absolute atomic E-state index is 11.2. The molecule has 0 aromatic heterocycles. The molecule has 1 fully saturated rings. The van der Waals surface area contributed by atoms with E-state index in [1.807, 2.05) is 0 Å². The number of aliphatic hydroxyl groups excluding tert-OH is 1. The molecule has 12 heavy (non-hydrogen) atoms. The molecule has 1 atom stereocenters. The van der Waals surface area contributed by atoms with E-state index in [1.54, 1.807) is 0 Å². The van der Waals surface area contributed by atoms with Gasteiger partial charge in [0.15, 0.2) is 0 Å². The third kappa shape index (κ3) is 2.06. The summed E-state index contributed by atoms with van der Waals surface area (Å²) in [4.78, 5) is 0. The molecule has 0 radical (unpaired) electrons. The van der Waals surface area contributed by atoms with Crippen LogP contribution in [-0.2, 0) is 10.0 Å². The van der Waals surface area contributed by atoms with Gasteiger partial charge < -0.3 is 5.11 Å². The summed E-state index contributed by atoms with van der Waals surface area (Å²) in [5.74, 6) is 0. The highest BCUT2D eigenvalue weighted by molar-refractivity contribution is 7.92. The van der Waals surface area contributed by atoms with E-state index in [4.69, 9.17) is 0 Å². The van der Waals surface area contributed by atoms with Crippen LogP contribution in [0.2, 0.25) is 0 Å². The van der Waals surface area contributed by atoms with Crippen molar-refractivity contribution in [3.05, 3.63) is 12.0 Å². The highest BCUT2D eigenvalue weighted by Gasteiger charge is 2.25. The molecule has 0 aromatic rings. The molecule has 0 amide bonds. The summed E-state index contributed by atoms with van der Waals surface area (Å²) in [6.45, 7) is 3.92. The van der Waals surface area contributed by atoms with Crippen molar-refractivity contribution in [2.75, 3.05) is 13.1 Å². The minimum atomic E-state index is -3.32. The Morgan fingerprint density at radius 3 is 2.75 bits per heavy atom. The summed E-state index contributed by atoms with van der Waals surface area (Å²) < 4.78 is 23.7. The first kappa shape index (κ1) is 9.70. The molecular formula is C7H13NO3S. The van der Waals surface area contributed by atoms with Crippen molar-refractivity contribution < 1.29 is 13.5 Å². The molecule has 0 spiro atoms. The second-order valence-corrected chi connectivity index (χ2v) is 4.75. The Hall–Kier alpha value is -0.390. The molecule has 4 nitrogen and oxygen atoms in total. The minimum absolute atomic E-state index is 0.203. The second kappa shape index (κ2) is 3.55. The summed E-state index contributed by atoms with van der Waals surface area (Å²) >= 11 is 0. The third-order valence-electron chi connectivity index (χ3n) is 1.93. The van der Waals surface area contributed by atoms with E-state index in [9.17, 15) is 13.5 Å². The van der Waals surface area contributed by atoms with Gasteiger partial charge in [0.25, 0.3) is 0 Å². The van der Waals surface area contributed by atoms with Gasteiger partial charge in [-0.25, -0.2) is 8.42 Å². The number of piperidine rings is 1. The molecule has 70 valence electrons. The molecule has 1 heterocycles. The van der Waals surface area contributed by atoms with Crippen LogP contribution < -0.4 is 0 Å². The van der Waals surface area contributed by atoms with E-state index in [0.29, 0.717) is 19.4 Å². The number of sulfonamides is 1. The molecule has 0 aliphatic carbocycles. The van der Waals surface area contributed by atoms with Crippen LogP contribution in [0.3, 0.4) is 0 Å². The zero-order chi connectivity index (χ0) is 9.19. The van der Waals surface area contributed by atoms with E-state index in [2.05, 4.69) is 6.58 Å². The number of hydrogen-bond donors (Lipinski definition) is 1. The Bertz CT molecular complexity index is 260. The fraction of sp³-hybridized carbons (Fsp3) is 0.714. The van der Waals surface area contributed by atoms with Crippen molar-refractivity contribution in [1.82, 2.24) is 4.31 Å². The minimum Gasteiger partial charge on any atom is -0.392 e. The summed E-state index contributed by atoms with van der Waals surface area (Å²) in [7, 11) is -3.32. The van der Waals surface area contributed by atoms with Crippen LogP contribution in [0.25, 0.3) is 0 Å². The topological polar surface area (TPSA) is 57.6 Å². The molecule has 1 N–H and O–H groups in total. The molecule has 1 aliphatic heterocycles. The van der Waals surface area contributed by atoms with Crippen LogP contribution >= 0.6 is 0 Å².